The Kier molecular flexibility index (Phi) is 5.77. The van der Waals surface area contributed by atoms with Crippen LogP contribution < -0.4 is 14.2 Å². The summed E-state index contributed by atoms with van der Waals surface area (Å²) in [5.41, 5.74) is 6.56. The first-order chi connectivity index (χ1) is 18.0. The zero-order valence-electron chi connectivity index (χ0n) is 20.8. The van der Waals surface area contributed by atoms with E-state index in [0.29, 0.717) is 40.3 Å². The van der Waals surface area contributed by atoms with Gasteiger partial charge in [-0.05, 0) is 54.5 Å². The zero-order chi connectivity index (χ0) is 25.5. The monoisotopic (exact) mass is 512 g/mol. The number of imidazole rings is 1. The first kappa shape index (κ1) is 23.1. The number of benzene rings is 2. The Morgan fingerprint density at radius 1 is 0.946 bits per heavy atom. The summed E-state index contributed by atoms with van der Waals surface area (Å²) in [4.78, 5) is 10.1. The molecule has 4 aromatic heterocycles. The van der Waals surface area contributed by atoms with Gasteiger partial charge >= 0.3 is 0 Å². The summed E-state index contributed by atoms with van der Waals surface area (Å²) in [5, 5.41) is 5.73. The normalized spacial score (nSPS) is 11.4. The minimum absolute atomic E-state index is 0.380. The van der Waals surface area contributed by atoms with Crippen molar-refractivity contribution in [2.75, 3.05) is 14.2 Å². The second-order valence-corrected chi connectivity index (χ2v) is 9.58. The lowest BCUT2D eigenvalue weighted by Gasteiger charge is -2.11. The molecule has 6 rings (SSSR count). The number of aryl methyl sites for hydroxylation is 2. The molecule has 0 aliphatic heterocycles. The molecule has 9 heteroatoms. The van der Waals surface area contributed by atoms with E-state index in [1.807, 2.05) is 49.5 Å². The summed E-state index contributed by atoms with van der Waals surface area (Å²) in [6, 6.07) is 18.0. The van der Waals surface area contributed by atoms with Gasteiger partial charge in [0.05, 0.1) is 31.5 Å². The van der Waals surface area contributed by atoms with Gasteiger partial charge in [0.1, 0.15) is 29.4 Å². The molecule has 0 saturated heterocycles. The highest BCUT2D eigenvalue weighted by molar-refractivity contribution is 7.18. The molecular weight excluding hydrogens is 488 g/mol. The van der Waals surface area contributed by atoms with E-state index in [1.165, 1.54) is 16.9 Å². The molecule has 6 aromatic rings. The van der Waals surface area contributed by atoms with E-state index in [1.54, 1.807) is 18.7 Å². The van der Waals surface area contributed by atoms with E-state index in [0.717, 1.165) is 32.9 Å². The summed E-state index contributed by atoms with van der Waals surface area (Å²) < 4.78 is 24.8. The molecule has 37 heavy (non-hydrogen) atoms. The van der Waals surface area contributed by atoms with E-state index in [4.69, 9.17) is 23.6 Å². The van der Waals surface area contributed by atoms with Crippen molar-refractivity contribution in [3.63, 3.8) is 0 Å². The lowest BCUT2D eigenvalue weighted by Crippen LogP contribution is -1.97. The maximum atomic E-state index is 6.29. The lowest BCUT2D eigenvalue weighted by molar-refractivity contribution is 0.307. The highest BCUT2D eigenvalue weighted by Gasteiger charge is 2.17. The van der Waals surface area contributed by atoms with Gasteiger partial charge < -0.3 is 18.6 Å². The minimum atomic E-state index is 0.380. The molecule has 0 radical (unpaired) electrons. The molecule has 0 amide bonds. The van der Waals surface area contributed by atoms with Crippen molar-refractivity contribution >= 4 is 27.3 Å². The number of methoxy groups -OCH3 is 2. The fraction of sp³-hybridized carbons (Fsp3) is 0.179. The molecule has 4 heterocycles. The fourth-order valence-corrected chi connectivity index (χ4v) is 4.80. The zero-order valence-corrected chi connectivity index (χ0v) is 21.6. The van der Waals surface area contributed by atoms with Gasteiger partial charge in [-0.1, -0.05) is 24.3 Å². The molecule has 0 aliphatic carbocycles. The van der Waals surface area contributed by atoms with Gasteiger partial charge in [0.2, 0.25) is 4.96 Å². The van der Waals surface area contributed by atoms with Crippen molar-refractivity contribution in [1.29, 1.82) is 0 Å². The van der Waals surface area contributed by atoms with Crippen molar-refractivity contribution in [3.05, 3.63) is 77.6 Å². The quantitative estimate of drug-likeness (QED) is 0.242. The Hall–Kier alpha value is -4.37. The summed E-state index contributed by atoms with van der Waals surface area (Å²) in [6.45, 7) is 4.47. The number of aromatic nitrogens is 4. The standard InChI is InChI=1S/C28H24N4O4S/c1-16-8-9-22(29-17(16)2)19-7-5-6-18(10-19)15-35-24-11-20(33-3)12-25-21(24)13-26(36-25)23-14-32-27(30-23)37-28(31-32)34-4/h5-14H,15H2,1-4H3. The van der Waals surface area contributed by atoms with Crippen LogP contribution in [0, 0.1) is 13.8 Å². The Labute approximate surface area is 217 Å². The molecular formula is C28H24N4O4S. The second kappa shape index (κ2) is 9.25. The molecule has 0 aliphatic rings. The predicted molar refractivity (Wildman–Crippen MR) is 143 cm³/mol. The van der Waals surface area contributed by atoms with Crippen LogP contribution in [0.15, 0.2) is 65.2 Å². The maximum absolute atomic E-state index is 6.29. The van der Waals surface area contributed by atoms with Crippen molar-refractivity contribution in [2.45, 2.75) is 20.5 Å². The lowest BCUT2D eigenvalue weighted by atomic mass is 10.1. The van der Waals surface area contributed by atoms with Crippen LogP contribution >= 0.6 is 11.3 Å². The molecule has 8 nitrogen and oxygen atoms in total. The van der Waals surface area contributed by atoms with Crippen molar-refractivity contribution in [2.24, 2.45) is 0 Å². The number of rotatable bonds is 7. The van der Waals surface area contributed by atoms with Crippen LogP contribution in [0.4, 0.5) is 0 Å². The topological polar surface area (TPSA) is 83.9 Å². The van der Waals surface area contributed by atoms with Gasteiger partial charge in [-0.3, -0.25) is 4.98 Å². The molecule has 186 valence electrons. The average molecular weight is 513 g/mol. The Bertz CT molecular complexity index is 1720. The maximum Gasteiger partial charge on any atom is 0.294 e. The average Bonchev–Trinajstić information content (AvgIpc) is 3.62. The van der Waals surface area contributed by atoms with Gasteiger partial charge in [0, 0.05) is 23.4 Å². The smallest absolute Gasteiger partial charge is 0.294 e. The van der Waals surface area contributed by atoms with Crippen LogP contribution in [0.1, 0.15) is 16.8 Å². The third-order valence-electron chi connectivity index (χ3n) is 6.23. The van der Waals surface area contributed by atoms with E-state index >= 15 is 0 Å². The summed E-state index contributed by atoms with van der Waals surface area (Å²) in [6.07, 6.45) is 1.82. The van der Waals surface area contributed by atoms with E-state index in [-0.39, 0.29) is 0 Å². The molecule has 0 bridgehead atoms. The van der Waals surface area contributed by atoms with E-state index in [9.17, 15) is 0 Å². The summed E-state index contributed by atoms with van der Waals surface area (Å²) in [5.74, 6) is 1.93. The highest BCUT2D eigenvalue weighted by atomic mass is 32.1. The molecule has 0 spiro atoms. The Morgan fingerprint density at radius 3 is 2.62 bits per heavy atom. The molecule has 0 fully saturated rings. The SMILES string of the molecule is COc1cc(OCc2cccc(-c3ccc(C)c(C)n3)c2)c2cc(-c3cn4nc(OC)sc4n3)oc2c1. The number of hydrogen-bond donors (Lipinski definition) is 0. The third-order valence-corrected chi connectivity index (χ3v) is 7.11. The first-order valence-corrected chi connectivity index (χ1v) is 12.5. The van der Waals surface area contributed by atoms with Crippen LogP contribution in [0.2, 0.25) is 0 Å². The van der Waals surface area contributed by atoms with Gasteiger partial charge in [0.15, 0.2) is 5.76 Å². The number of fused-ring (bicyclic) bond motifs is 2. The van der Waals surface area contributed by atoms with E-state index < -0.39 is 0 Å². The number of ether oxygens (including phenoxy) is 3. The van der Waals surface area contributed by atoms with Crippen LogP contribution in [0.25, 0.3) is 38.6 Å². The fourth-order valence-electron chi connectivity index (χ4n) is 4.10. The van der Waals surface area contributed by atoms with Gasteiger partial charge in [-0.15, -0.1) is 5.10 Å². The minimum Gasteiger partial charge on any atom is -0.496 e. The number of furan rings is 1. The highest BCUT2D eigenvalue weighted by Crippen LogP contribution is 2.37. The molecule has 0 N–H and O–H groups in total. The summed E-state index contributed by atoms with van der Waals surface area (Å²) in [7, 11) is 3.21. The largest absolute Gasteiger partial charge is 0.496 e. The number of nitrogens with zero attached hydrogens (tertiary/aromatic N) is 4. The molecule has 0 unspecified atom stereocenters. The molecule has 0 atom stereocenters. The van der Waals surface area contributed by atoms with Crippen molar-refractivity contribution in [3.8, 4) is 39.4 Å². The van der Waals surface area contributed by atoms with Gasteiger partial charge in [0.25, 0.3) is 5.19 Å². The predicted octanol–water partition coefficient (Wildman–Crippen LogP) is 6.48. The third kappa shape index (κ3) is 4.38. The molecule has 0 saturated carbocycles. The van der Waals surface area contributed by atoms with Crippen LogP contribution in [-0.4, -0.2) is 33.8 Å². The van der Waals surface area contributed by atoms with Crippen LogP contribution in [0.5, 0.6) is 16.7 Å². The number of pyridine rings is 1. The van der Waals surface area contributed by atoms with Crippen LogP contribution in [-0.2, 0) is 6.61 Å². The second-order valence-electron chi connectivity index (χ2n) is 8.66. The van der Waals surface area contributed by atoms with E-state index in [2.05, 4.69) is 35.2 Å². The summed E-state index contributed by atoms with van der Waals surface area (Å²) >= 11 is 1.36. The Morgan fingerprint density at radius 2 is 1.84 bits per heavy atom. The van der Waals surface area contributed by atoms with Gasteiger partial charge in [-0.25, -0.2) is 9.50 Å². The van der Waals surface area contributed by atoms with Crippen molar-refractivity contribution in [1.82, 2.24) is 19.6 Å². The number of hydrogen-bond acceptors (Lipinski definition) is 8. The Balaban J connectivity index is 1.30. The molecule has 2 aromatic carbocycles. The van der Waals surface area contributed by atoms with Crippen LogP contribution in [0.3, 0.4) is 0 Å². The first-order valence-electron chi connectivity index (χ1n) is 11.7. The van der Waals surface area contributed by atoms with Gasteiger partial charge in [-0.2, -0.15) is 0 Å². The van der Waals surface area contributed by atoms with Crippen molar-refractivity contribution < 1.29 is 18.6 Å².